The Kier molecular flexibility index (Phi) is 3.44. The molecular formula is C16H20FN3. The number of halogens is 1. The second-order valence-corrected chi connectivity index (χ2v) is 5.52. The molecule has 0 spiro atoms. The van der Waals surface area contributed by atoms with E-state index in [1.54, 1.807) is 12.1 Å². The van der Waals surface area contributed by atoms with Crippen LogP contribution in [0.15, 0.2) is 18.2 Å². The molecule has 3 nitrogen and oxygen atoms in total. The highest BCUT2D eigenvalue weighted by molar-refractivity contribution is 5.84. The number of pyridine rings is 1. The van der Waals surface area contributed by atoms with E-state index in [0.29, 0.717) is 0 Å². The Morgan fingerprint density at radius 3 is 2.95 bits per heavy atom. The Balaban J connectivity index is 2.27. The predicted octanol–water partition coefficient (Wildman–Crippen LogP) is 2.77. The molecule has 0 saturated carbocycles. The maximum Gasteiger partial charge on any atom is 0.123 e. The van der Waals surface area contributed by atoms with E-state index in [9.17, 15) is 4.39 Å². The first-order chi connectivity index (χ1) is 9.60. The second kappa shape index (κ2) is 5.11. The Morgan fingerprint density at radius 1 is 1.45 bits per heavy atom. The lowest BCUT2D eigenvalue weighted by atomic mass is 9.92. The van der Waals surface area contributed by atoms with Crippen molar-refractivity contribution in [2.24, 2.45) is 5.73 Å². The van der Waals surface area contributed by atoms with Crippen LogP contribution in [0.25, 0.3) is 10.9 Å². The monoisotopic (exact) mass is 273 g/mol. The summed E-state index contributed by atoms with van der Waals surface area (Å²) in [5.41, 5.74) is 10.4. The number of hydrogen-bond donors (Lipinski definition) is 1. The Bertz CT molecular complexity index is 652. The summed E-state index contributed by atoms with van der Waals surface area (Å²) in [5, 5.41) is 0.858. The van der Waals surface area contributed by atoms with Crippen LogP contribution < -0.4 is 5.73 Å². The zero-order valence-electron chi connectivity index (χ0n) is 12.0. The summed E-state index contributed by atoms with van der Waals surface area (Å²) in [4.78, 5) is 7.10. The molecular weight excluding hydrogens is 253 g/mol. The molecule has 0 aliphatic carbocycles. The van der Waals surface area contributed by atoms with Gasteiger partial charge in [-0.1, -0.05) is 6.92 Å². The summed E-state index contributed by atoms with van der Waals surface area (Å²) in [6.45, 7) is 7.03. The fraction of sp³-hybridized carbons (Fsp3) is 0.438. The van der Waals surface area contributed by atoms with E-state index in [2.05, 4.69) is 11.8 Å². The lowest BCUT2D eigenvalue weighted by Crippen LogP contribution is -2.32. The van der Waals surface area contributed by atoms with Crippen molar-refractivity contribution in [1.82, 2.24) is 9.88 Å². The molecule has 0 bridgehead atoms. The zero-order chi connectivity index (χ0) is 14.3. The van der Waals surface area contributed by atoms with E-state index in [1.807, 2.05) is 6.92 Å². The molecule has 1 aromatic heterocycles. The molecule has 20 heavy (non-hydrogen) atoms. The minimum Gasteiger partial charge on any atom is -0.324 e. The van der Waals surface area contributed by atoms with Gasteiger partial charge in [0.1, 0.15) is 5.82 Å². The van der Waals surface area contributed by atoms with Crippen molar-refractivity contribution in [3.8, 4) is 0 Å². The van der Waals surface area contributed by atoms with Crippen LogP contribution in [-0.2, 0) is 13.0 Å². The van der Waals surface area contributed by atoms with Gasteiger partial charge in [0, 0.05) is 36.6 Å². The molecule has 1 aliphatic heterocycles. The maximum atomic E-state index is 13.6. The highest BCUT2D eigenvalue weighted by Crippen LogP contribution is 2.31. The molecule has 0 amide bonds. The average Bonchev–Trinajstić information content (AvgIpc) is 2.43. The van der Waals surface area contributed by atoms with Crippen molar-refractivity contribution in [3.05, 3.63) is 40.8 Å². The van der Waals surface area contributed by atoms with Gasteiger partial charge in [0.25, 0.3) is 0 Å². The fourth-order valence-corrected chi connectivity index (χ4v) is 3.09. The first-order valence-electron chi connectivity index (χ1n) is 7.19. The molecule has 3 rings (SSSR count). The number of rotatable bonds is 2. The third-order valence-corrected chi connectivity index (χ3v) is 4.13. The Labute approximate surface area is 118 Å². The van der Waals surface area contributed by atoms with Crippen LogP contribution in [-0.4, -0.2) is 23.0 Å². The van der Waals surface area contributed by atoms with Crippen molar-refractivity contribution in [2.75, 3.05) is 13.1 Å². The zero-order valence-corrected chi connectivity index (χ0v) is 12.0. The lowest BCUT2D eigenvalue weighted by molar-refractivity contribution is 0.264. The summed E-state index contributed by atoms with van der Waals surface area (Å²) >= 11 is 0. The third-order valence-electron chi connectivity index (χ3n) is 4.13. The summed E-state index contributed by atoms with van der Waals surface area (Å²) in [6.07, 6.45) is 0.941. The van der Waals surface area contributed by atoms with Crippen LogP contribution in [0.2, 0.25) is 0 Å². The van der Waals surface area contributed by atoms with Gasteiger partial charge in [0.2, 0.25) is 0 Å². The minimum absolute atomic E-state index is 0.118. The van der Waals surface area contributed by atoms with Crippen molar-refractivity contribution in [3.63, 3.8) is 0 Å². The summed E-state index contributed by atoms with van der Waals surface area (Å²) < 4.78 is 13.6. The molecule has 2 aromatic rings. The van der Waals surface area contributed by atoms with Gasteiger partial charge < -0.3 is 5.73 Å². The first kappa shape index (κ1) is 13.5. The van der Waals surface area contributed by atoms with Gasteiger partial charge in [0.15, 0.2) is 0 Å². The number of hydrogen-bond acceptors (Lipinski definition) is 3. The van der Waals surface area contributed by atoms with Crippen LogP contribution in [0.5, 0.6) is 0 Å². The highest BCUT2D eigenvalue weighted by atomic mass is 19.1. The molecule has 0 fully saturated rings. The molecule has 106 valence electrons. The van der Waals surface area contributed by atoms with E-state index in [0.717, 1.165) is 48.2 Å². The van der Waals surface area contributed by atoms with Crippen molar-refractivity contribution < 1.29 is 4.39 Å². The molecule has 4 heteroatoms. The standard InChI is InChI=1S/C16H20FN3/c1-3-20-7-6-15-13(9-20)16(10(2)18)12-8-11(17)4-5-14(12)19-15/h4-5,8,10H,3,6-7,9,18H2,1-2H3. The average molecular weight is 273 g/mol. The maximum absolute atomic E-state index is 13.6. The summed E-state index contributed by atoms with van der Waals surface area (Å²) in [5.74, 6) is -0.232. The molecule has 0 saturated heterocycles. The van der Waals surface area contributed by atoms with Crippen LogP contribution in [0.1, 0.15) is 36.7 Å². The van der Waals surface area contributed by atoms with Gasteiger partial charge in [-0.3, -0.25) is 9.88 Å². The van der Waals surface area contributed by atoms with E-state index < -0.39 is 0 Å². The number of fused-ring (bicyclic) bond motifs is 2. The molecule has 1 aromatic carbocycles. The SMILES string of the molecule is CCN1CCc2nc3ccc(F)cc3c(C(C)N)c2C1. The van der Waals surface area contributed by atoms with Crippen LogP contribution in [0.4, 0.5) is 4.39 Å². The van der Waals surface area contributed by atoms with E-state index >= 15 is 0 Å². The number of nitrogens with two attached hydrogens (primary N) is 1. The molecule has 2 heterocycles. The molecule has 1 unspecified atom stereocenters. The highest BCUT2D eigenvalue weighted by Gasteiger charge is 2.23. The van der Waals surface area contributed by atoms with Gasteiger partial charge >= 0.3 is 0 Å². The lowest BCUT2D eigenvalue weighted by Gasteiger charge is -2.30. The van der Waals surface area contributed by atoms with E-state index in [4.69, 9.17) is 10.7 Å². The number of nitrogens with zero attached hydrogens (tertiary/aromatic N) is 2. The third kappa shape index (κ3) is 2.19. The molecule has 1 aliphatic rings. The smallest absolute Gasteiger partial charge is 0.123 e. The van der Waals surface area contributed by atoms with Gasteiger partial charge in [-0.05, 0) is 42.8 Å². The largest absolute Gasteiger partial charge is 0.324 e. The minimum atomic E-state index is -0.232. The van der Waals surface area contributed by atoms with Gasteiger partial charge in [-0.2, -0.15) is 0 Å². The Morgan fingerprint density at radius 2 is 2.25 bits per heavy atom. The number of benzene rings is 1. The second-order valence-electron chi connectivity index (χ2n) is 5.52. The van der Waals surface area contributed by atoms with Crippen LogP contribution >= 0.6 is 0 Å². The number of aromatic nitrogens is 1. The normalized spacial score (nSPS) is 17.2. The van der Waals surface area contributed by atoms with Gasteiger partial charge in [0.05, 0.1) is 5.52 Å². The summed E-state index contributed by atoms with van der Waals surface area (Å²) in [7, 11) is 0. The summed E-state index contributed by atoms with van der Waals surface area (Å²) in [6, 6.07) is 4.66. The fourth-order valence-electron chi connectivity index (χ4n) is 3.09. The van der Waals surface area contributed by atoms with E-state index in [-0.39, 0.29) is 11.9 Å². The van der Waals surface area contributed by atoms with Gasteiger partial charge in [-0.15, -0.1) is 0 Å². The molecule has 2 N–H and O–H groups in total. The molecule has 1 atom stereocenters. The van der Waals surface area contributed by atoms with E-state index in [1.165, 1.54) is 11.6 Å². The van der Waals surface area contributed by atoms with Crippen molar-refractivity contribution in [2.45, 2.75) is 32.9 Å². The quantitative estimate of drug-likeness (QED) is 0.915. The predicted molar refractivity (Wildman–Crippen MR) is 79.0 cm³/mol. The topological polar surface area (TPSA) is 42.2 Å². The number of likely N-dealkylation sites (N-methyl/N-ethyl adjacent to an activating group) is 1. The molecule has 0 radical (unpaired) electrons. The van der Waals surface area contributed by atoms with Crippen LogP contribution in [0, 0.1) is 5.82 Å². The first-order valence-corrected chi connectivity index (χ1v) is 7.19. The van der Waals surface area contributed by atoms with Crippen molar-refractivity contribution >= 4 is 10.9 Å². The Hall–Kier alpha value is -1.52. The van der Waals surface area contributed by atoms with Gasteiger partial charge in [-0.25, -0.2) is 4.39 Å². The van der Waals surface area contributed by atoms with Crippen molar-refractivity contribution in [1.29, 1.82) is 0 Å². The van der Waals surface area contributed by atoms with Crippen LogP contribution in [0.3, 0.4) is 0 Å².